The predicted octanol–water partition coefficient (Wildman–Crippen LogP) is 2.57. The maximum Gasteiger partial charge on any atom is 0.270 e. The average Bonchev–Trinajstić information content (AvgIpc) is 2.85. The van der Waals surface area contributed by atoms with Gasteiger partial charge in [-0.2, -0.15) is 0 Å². The molecule has 8 heteroatoms. The standard InChI is InChI=1S/C28H35N5O3/c1-17-16-32(22-7-5-19(6-8-22)26(29)34)9-10-33(17)24-4-2-3-23(30-24)27(35)31-25-20-11-18-12-21(25)15-28(36,13-18)14-20/h2-8,17-18,20-21,25,36H,9-16H2,1H3,(H2,29,34)(H,31,35). The van der Waals surface area contributed by atoms with Crippen molar-refractivity contribution in [3.63, 3.8) is 0 Å². The number of primary amides is 1. The summed E-state index contributed by atoms with van der Waals surface area (Å²) in [4.78, 5) is 33.9. The van der Waals surface area contributed by atoms with Crippen LogP contribution in [0.3, 0.4) is 0 Å². The Labute approximate surface area is 211 Å². The highest BCUT2D eigenvalue weighted by atomic mass is 16.3. The van der Waals surface area contributed by atoms with E-state index in [1.807, 2.05) is 24.3 Å². The Morgan fingerprint density at radius 3 is 2.42 bits per heavy atom. The molecular formula is C28H35N5O3. The Hall–Kier alpha value is -3.13. The Morgan fingerprint density at radius 1 is 1.06 bits per heavy atom. The highest BCUT2D eigenvalue weighted by Gasteiger charge is 2.55. The summed E-state index contributed by atoms with van der Waals surface area (Å²) in [6.45, 7) is 4.57. The number of rotatable bonds is 5. The second-order valence-corrected chi connectivity index (χ2v) is 11.5. The van der Waals surface area contributed by atoms with Crippen molar-refractivity contribution in [2.24, 2.45) is 23.5 Å². The van der Waals surface area contributed by atoms with Crippen LogP contribution < -0.4 is 20.9 Å². The quantitative estimate of drug-likeness (QED) is 0.595. The zero-order valence-electron chi connectivity index (χ0n) is 20.8. The summed E-state index contributed by atoms with van der Waals surface area (Å²) in [6.07, 6.45) is 4.79. The van der Waals surface area contributed by atoms with Crippen molar-refractivity contribution in [3.8, 4) is 0 Å². The molecule has 1 aromatic heterocycles. The Kier molecular flexibility index (Phi) is 5.67. The molecule has 5 aliphatic rings. The third-order valence-electron chi connectivity index (χ3n) is 8.94. The van der Waals surface area contributed by atoms with Crippen molar-refractivity contribution in [2.75, 3.05) is 29.4 Å². The van der Waals surface area contributed by atoms with E-state index >= 15 is 0 Å². The van der Waals surface area contributed by atoms with E-state index in [0.29, 0.717) is 29.0 Å². The van der Waals surface area contributed by atoms with Crippen LogP contribution in [0.2, 0.25) is 0 Å². The maximum atomic E-state index is 13.2. The van der Waals surface area contributed by atoms with Crippen LogP contribution in [0.1, 0.15) is 59.9 Å². The SMILES string of the molecule is CC1CN(c2ccc(C(N)=O)cc2)CCN1c1cccc(C(=O)NC2C3CC4CC2CC(O)(C4)C3)n1. The third-order valence-corrected chi connectivity index (χ3v) is 8.94. The summed E-state index contributed by atoms with van der Waals surface area (Å²) in [5, 5.41) is 14.2. The lowest BCUT2D eigenvalue weighted by Crippen LogP contribution is -2.61. The second kappa shape index (κ2) is 8.76. The van der Waals surface area contributed by atoms with Gasteiger partial charge < -0.3 is 26.0 Å². The van der Waals surface area contributed by atoms with Gasteiger partial charge in [-0.1, -0.05) is 6.07 Å². The number of nitrogens with one attached hydrogen (secondary N) is 1. The number of amides is 2. The number of aromatic nitrogens is 1. The molecule has 4 bridgehead atoms. The van der Waals surface area contributed by atoms with Gasteiger partial charge in [-0.25, -0.2) is 4.98 Å². The number of benzene rings is 1. The molecule has 1 saturated heterocycles. The van der Waals surface area contributed by atoms with E-state index < -0.39 is 11.5 Å². The number of carbonyl (C=O) groups is 2. The summed E-state index contributed by atoms with van der Waals surface area (Å²) in [7, 11) is 0. The number of hydrogen-bond acceptors (Lipinski definition) is 6. The highest BCUT2D eigenvalue weighted by Crippen LogP contribution is 2.55. The fourth-order valence-electron chi connectivity index (χ4n) is 7.52. The van der Waals surface area contributed by atoms with Crippen molar-refractivity contribution < 1.29 is 14.7 Å². The number of anilines is 2. The van der Waals surface area contributed by atoms with E-state index in [1.54, 1.807) is 18.2 Å². The minimum Gasteiger partial charge on any atom is -0.390 e. The molecule has 1 aliphatic heterocycles. The molecule has 4 saturated carbocycles. The van der Waals surface area contributed by atoms with E-state index in [4.69, 9.17) is 10.7 Å². The molecule has 4 N–H and O–H groups in total. The smallest absolute Gasteiger partial charge is 0.270 e. The number of aliphatic hydroxyl groups is 1. The topological polar surface area (TPSA) is 112 Å². The number of nitrogens with zero attached hydrogens (tertiary/aromatic N) is 3. The van der Waals surface area contributed by atoms with Crippen LogP contribution in [0.15, 0.2) is 42.5 Å². The van der Waals surface area contributed by atoms with Crippen molar-refractivity contribution >= 4 is 23.3 Å². The average molecular weight is 490 g/mol. The minimum absolute atomic E-state index is 0.109. The molecule has 2 aromatic rings. The number of piperazine rings is 1. The summed E-state index contributed by atoms with van der Waals surface area (Å²) in [5.74, 6) is 1.65. The largest absolute Gasteiger partial charge is 0.390 e. The molecule has 36 heavy (non-hydrogen) atoms. The van der Waals surface area contributed by atoms with Crippen LogP contribution in [0, 0.1) is 17.8 Å². The van der Waals surface area contributed by atoms with Gasteiger partial charge in [-0.15, -0.1) is 0 Å². The minimum atomic E-state index is -0.502. The molecule has 8 nitrogen and oxygen atoms in total. The molecule has 0 radical (unpaired) electrons. The molecule has 3 unspecified atom stereocenters. The van der Waals surface area contributed by atoms with Gasteiger partial charge in [0.25, 0.3) is 5.91 Å². The first-order chi connectivity index (χ1) is 17.3. The zero-order chi connectivity index (χ0) is 25.0. The zero-order valence-corrected chi connectivity index (χ0v) is 20.8. The Balaban J connectivity index is 1.11. The lowest BCUT2D eigenvalue weighted by atomic mass is 9.52. The Morgan fingerprint density at radius 2 is 1.78 bits per heavy atom. The number of hydrogen-bond donors (Lipinski definition) is 3. The molecule has 4 aliphatic carbocycles. The van der Waals surface area contributed by atoms with Crippen molar-refractivity contribution in [1.29, 1.82) is 0 Å². The predicted molar refractivity (Wildman–Crippen MR) is 138 cm³/mol. The lowest BCUT2D eigenvalue weighted by molar-refractivity contribution is -0.136. The van der Waals surface area contributed by atoms with Crippen LogP contribution in [0.4, 0.5) is 11.5 Å². The second-order valence-electron chi connectivity index (χ2n) is 11.5. The fourth-order valence-corrected chi connectivity index (χ4v) is 7.52. The van der Waals surface area contributed by atoms with Gasteiger partial charge in [0.1, 0.15) is 11.5 Å². The highest BCUT2D eigenvalue weighted by molar-refractivity contribution is 5.93. The molecular weight excluding hydrogens is 454 g/mol. The molecule has 2 heterocycles. The van der Waals surface area contributed by atoms with Crippen LogP contribution in [0.25, 0.3) is 0 Å². The molecule has 0 spiro atoms. The summed E-state index contributed by atoms with van der Waals surface area (Å²) in [5.41, 5.74) is 6.89. The first kappa shape index (κ1) is 23.3. The van der Waals surface area contributed by atoms with E-state index in [9.17, 15) is 14.7 Å². The molecule has 2 amide bonds. The molecule has 7 rings (SSSR count). The van der Waals surface area contributed by atoms with Gasteiger partial charge in [0.15, 0.2) is 0 Å². The summed E-state index contributed by atoms with van der Waals surface area (Å²) < 4.78 is 0. The van der Waals surface area contributed by atoms with Crippen molar-refractivity contribution in [1.82, 2.24) is 10.3 Å². The first-order valence-corrected chi connectivity index (χ1v) is 13.2. The van der Waals surface area contributed by atoms with Gasteiger partial charge in [-0.05, 0) is 93.2 Å². The van der Waals surface area contributed by atoms with Crippen LogP contribution >= 0.6 is 0 Å². The Bertz CT molecular complexity index is 1150. The summed E-state index contributed by atoms with van der Waals surface area (Å²) >= 11 is 0. The molecule has 5 fully saturated rings. The van der Waals surface area contributed by atoms with Crippen LogP contribution in [-0.2, 0) is 0 Å². The van der Waals surface area contributed by atoms with Gasteiger partial charge in [0.2, 0.25) is 5.91 Å². The molecule has 1 aromatic carbocycles. The van der Waals surface area contributed by atoms with E-state index in [1.165, 1.54) is 0 Å². The van der Waals surface area contributed by atoms with E-state index in [-0.39, 0.29) is 18.0 Å². The fraction of sp³-hybridized carbons (Fsp3) is 0.536. The lowest BCUT2D eigenvalue weighted by Gasteiger charge is -2.58. The number of nitrogens with two attached hydrogens (primary N) is 1. The van der Waals surface area contributed by atoms with Gasteiger partial charge >= 0.3 is 0 Å². The van der Waals surface area contributed by atoms with Gasteiger partial charge in [-0.3, -0.25) is 9.59 Å². The summed E-state index contributed by atoms with van der Waals surface area (Å²) in [6, 6.07) is 13.4. The normalized spacial score (nSPS) is 33.0. The van der Waals surface area contributed by atoms with Gasteiger partial charge in [0, 0.05) is 43.0 Å². The first-order valence-electron chi connectivity index (χ1n) is 13.2. The third kappa shape index (κ3) is 4.21. The molecule has 3 atom stereocenters. The van der Waals surface area contributed by atoms with Crippen molar-refractivity contribution in [3.05, 3.63) is 53.7 Å². The molecule has 190 valence electrons. The number of pyridine rings is 1. The number of carbonyl (C=O) groups excluding carboxylic acids is 2. The van der Waals surface area contributed by atoms with Gasteiger partial charge in [0.05, 0.1) is 5.60 Å². The van der Waals surface area contributed by atoms with Crippen molar-refractivity contribution in [2.45, 2.75) is 56.7 Å². The van der Waals surface area contributed by atoms with E-state index in [0.717, 1.165) is 63.2 Å². The monoisotopic (exact) mass is 489 g/mol. The van der Waals surface area contributed by atoms with Crippen LogP contribution in [0.5, 0.6) is 0 Å². The maximum absolute atomic E-state index is 13.2. The van der Waals surface area contributed by atoms with Crippen LogP contribution in [-0.4, -0.2) is 59.2 Å². The van der Waals surface area contributed by atoms with E-state index in [2.05, 4.69) is 22.0 Å².